The summed E-state index contributed by atoms with van der Waals surface area (Å²) in [7, 11) is 3.35. The van der Waals surface area contributed by atoms with E-state index in [1.165, 1.54) is 0 Å². The summed E-state index contributed by atoms with van der Waals surface area (Å²) >= 11 is 1.66. The van der Waals surface area contributed by atoms with Gasteiger partial charge in [-0.3, -0.25) is 9.69 Å². The summed E-state index contributed by atoms with van der Waals surface area (Å²) < 4.78 is 11.0. The molecule has 1 aliphatic rings. The first-order valence-electron chi connectivity index (χ1n) is 10.5. The van der Waals surface area contributed by atoms with E-state index in [0.717, 1.165) is 46.9 Å². The fourth-order valence-corrected chi connectivity index (χ4v) is 5.08. The van der Waals surface area contributed by atoms with Gasteiger partial charge in [0.15, 0.2) is 0 Å². The molecule has 1 N–H and O–H groups in total. The van der Waals surface area contributed by atoms with Gasteiger partial charge in [-0.2, -0.15) is 0 Å². The first-order chi connectivity index (χ1) is 15.2. The monoisotopic (exact) mass is 436 g/mol. The Labute approximate surface area is 187 Å². The Bertz CT molecular complexity index is 991. The summed E-state index contributed by atoms with van der Waals surface area (Å²) in [5.74, 6) is 1.66. The lowest BCUT2D eigenvalue weighted by molar-refractivity contribution is -0.123. The molecule has 4 rings (SSSR count). The summed E-state index contributed by atoms with van der Waals surface area (Å²) in [6.07, 6.45) is 2.04. The molecular weight excluding hydrogens is 408 g/mol. The third kappa shape index (κ3) is 4.92. The lowest BCUT2D eigenvalue weighted by Gasteiger charge is -2.27. The van der Waals surface area contributed by atoms with Gasteiger partial charge >= 0.3 is 0 Å². The number of hydrogen-bond donors (Lipinski definition) is 1. The first-order valence-corrected chi connectivity index (χ1v) is 11.4. The summed E-state index contributed by atoms with van der Waals surface area (Å²) in [4.78, 5) is 16.5. The molecule has 5 nitrogen and oxygen atoms in total. The minimum atomic E-state index is -0.138. The molecule has 162 valence electrons. The van der Waals surface area contributed by atoms with Crippen molar-refractivity contribution in [3.05, 3.63) is 82.0 Å². The molecule has 0 saturated carbocycles. The molecule has 0 bridgehead atoms. The van der Waals surface area contributed by atoms with Gasteiger partial charge in [0.1, 0.15) is 11.5 Å². The molecule has 1 aromatic heterocycles. The standard InChI is InChI=1S/C25H28N2O3S/c1-29-19-12-13-22(30-2)20(16-19)21-10-6-14-27(21)17-24(28)26-25(23-11-7-15-31-23)18-8-4-3-5-9-18/h3-5,7-9,11-13,15-16,21,25H,6,10,14,17H2,1-2H3,(H,26,28)/t21-,25+/m1/s1. The largest absolute Gasteiger partial charge is 0.497 e. The topological polar surface area (TPSA) is 50.8 Å². The number of amides is 1. The van der Waals surface area contributed by atoms with Crippen LogP contribution in [0, 0.1) is 0 Å². The molecule has 0 radical (unpaired) electrons. The lowest BCUT2D eigenvalue weighted by atomic mass is 10.0. The number of benzene rings is 2. The number of carbonyl (C=O) groups excluding carboxylic acids is 1. The molecule has 1 aliphatic heterocycles. The smallest absolute Gasteiger partial charge is 0.234 e. The highest BCUT2D eigenvalue weighted by molar-refractivity contribution is 7.10. The summed E-state index contributed by atoms with van der Waals surface area (Å²) in [5.41, 5.74) is 2.16. The molecule has 0 unspecified atom stereocenters. The number of methoxy groups -OCH3 is 2. The van der Waals surface area contributed by atoms with E-state index in [1.807, 2.05) is 47.8 Å². The predicted molar refractivity (Wildman–Crippen MR) is 124 cm³/mol. The van der Waals surface area contributed by atoms with E-state index in [0.29, 0.717) is 6.54 Å². The fraction of sp³-hybridized carbons (Fsp3) is 0.320. The summed E-state index contributed by atoms with van der Waals surface area (Å²) in [6, 6.07) is 20.1. The van der Waals surface area contributed by atoms with E-state index in [-0.39, 0.29) is 18.0 Å². The Kier molecular flexibility index (Phi) is 6.89. The molecule has 0 spiro atoms. The van der Waals surface area contributed by atoms with Crippen molar-refractivity contribution in [2.24, 2.45) is 0 Å². The summed E-state index contributed by atoms with van der Waals surface area (Å²) in [5, 5.41) is 5.30. The van der Waals surface area contributed by atoms with Crippen LogP contribution in [-0.4, -0.2) is 38.1 Å². The van der Waals surface area contributed by atoms with E-state index in [9.17, 15) is 4.79 Å². The second kappa shape index (κ2) is 9.98. The van der Waals surface area contributed by atoms with E-state index in [1.54, 1.807) is 25.6 Å². The maximum Gasteiger partial charge on any atom is 0.234 e. The average molecular weight is 437 g/mol. The second-order valence-electron chi connectivity index (χ2n) is 7.66. The molecule has 3 aromatic rings. The maximum atomic E-state index is 13.1. The predicted octanol–water partition coefficient (Wildman–Crippen LogP) is 4.81. The van der Waals surface area contributed by atoms with Gasteiger partial charge in [0.25, 0.3) is 0 Å². The number of hydrogen-bond acceptors (Lipinski definition) is 5. The third-order valence-electron chi connectivity index (χ3n) is 5.77. The zero-order valence-electron chi connectivity index (χ0n) is 17.9. The maximum absolute atomic E-state index is 13.1. The molecule has 1 fully saturated rings. The van der Waals surface area contributed by atoms with Crippen LogP contribution in [0.4, 0.5) is 0 Å². The van der Waals surface area contributed by atoms with Gasteiger partial charge in [0.2, 0.25) is 5.91 Å². The van der Waals surface area contributed by atoms with Crippen molar-refractivity contribution in [3.63, 3.8) is 0 Å². The number of likely N-dealkylation sites (tertiary alicyclic amines) is 1. The summed E-state index contributed by atoms with van der Waals surface area (Å²) in [6.45, 7) is 1.23. The highest BCUT2D eigenvalue weighted by Gasteiger charge is 2.31. The Morgan fingerprint density at radius 2 is 1.97 bits per heavy atom. The molecule has 1 amide bonds. The molecule has 2 aromatic carbocycles. The van der Waals surface area contributed by atoms with E-state index < -0.39 is 0 Å². The zero-order valence-corrected chi connectivity index (χ0v) is 18.7. The van der Waals surface area contributed by atoms with E-state index in [2.05, 4.69) is 28.4 Å². The quantitative estimate of drug-likeness (QED) is 0.551. The van der Waals surface area contributed by atoms with Crippen molar-refractivity contribution in [1.82, 2.24) is 10.2 Å². The van der Waals surface area contributed by atoms with Gasteiger partial charge in [-0.25, -0.2) is 0 Å². The number of nitrogens with zero attached hydrogens (tertiary/aromatic N) is 1. The van der Waals surface area contributed by atoms with Crippen molar-refractivity contribution in [2.45, 2.75) is 24.9 Å². The Balaban J connectivity index is 1.51. The minimum absolute atomic E-state index is 0.0241. The van der Waals surface area contributed by atoms with Crippen molar-refractivity contribution in [1.29, 1.82) is 0 Å². The van der Waals surface area contributed by atoms with Crippen LogP contribution in [0.15, 0.2) is 66.0 Å². The molecule has 1 saturated heterocycles. The highest BCUT2D eigenvalue weighted by atomic mass is 32.1. The highest BCUT2D eigenvalue weighted by Crippen LogP contribution is 2.38. The Morgan fingerprint density at radius 1 is 1.13 bits per heavy atom. The van der Waals surface area contributed by atoms with Crippen molar-refractivity contribution >= 4 is 17.2 Å². The van der Waals surface area contributed by atoms with E-state index in [4.69, 9.17) is 9.47 Å². The van der Waals surface area contributed by atoms with Crippen LogP contribution in [0.25, 0.3) is 0 Å². The van der Waals surface area contributed by atoms with Gasteiger partial charge in [-0.15, -0.1) is 11.3 Å². The van der Waals surface area contributed by atoms with Crippen LogP contribution in [-0.2, 0) is 4.79 Å². The number of carbonyl (C=O) groups is 1. The van der Waals surface area contributed by atoms with Crippen LogP contribution in [0.5, 0.6) is 11.5 Å². The Morgan fingerprint density at radius 3 is 2.68 bits per heavy atom. The Hall–Kier alpha value is -2.83. The normalized spacial score (nSPS) is 17.3. The molecule has 6 heteroatoms. The molecule has 31 heavy (non-hydrogen) atoms. The van der Waals surface area contributed by atoms with Crippen molar-refractivity contribution < 1.29 is 14.3 Å². The SMILES string of the molecule is COc1ccc(OC)c([C@H]2CCCN2CC(=O)N[C@@H](c2ccccc2)c2cccs2)c1. The van der Waals surface area contributed by atoms with E-state index >= 15 is 0 Å². The number of thiophene rings is 1. The van der Waals surface area contributed by atoms with Gasteiger partial charge in [0, 0.05) is 16.5 Å². The van der Waals surface area contributed by atoms with Crippen LogP contribution in [0.2, 0.25) is 0 Å². The first kappa shape index (κ1) is 21.4. The van der Waals surface area contributed by atoms with Crippen LogP contribution in [0.3, 0.4) is 0 Å². The van der Waals surface area contributed by atoms with Crippen molar-refractivity contribution in [2.75, 3.05) is 27.3 Å². The number of rotatable bonds is 8. The number of ether oxygens (including phenoxy) is 2. The third-order valence-corrected chi connectivity index (χ3v) is 6.71. The van der Waals surface area contributed by atoms with Crippen LogP contribution >= 0.6 is 11.3 Å². The van der Waals surface area contributed by atoms with Gasteiger partial charge in [-0.1, -0.05) is 36.4 Å². The second-order valence-corrected chi connectivity index (χ2v) is 8.64. The van der Waals surface area contributed by atoms with Crippen LogP contribution < -0.4 is 14.8 Å². The fourth-order valence-electron chi connectivity index (χ4n) is 4.28. The van der Waals surface area contributed by atoms with Gasteiger partial charge < -0.3 is 14.8 Å². The molecule has 0 aliphatic carbocycles. The minimum Gasteiger partial charge on any atom is -0.497 e. The lowest BCUT2D eigenvalue weighted by Crippen LogP contribution is -2.38. The van der Waals surface area contributed by atoms with Gasteiger partial charge in [-0.05, 0) is 54.6 Å². The zero-order chi connectivity index (χ0) is 21.6. The number of nitrogens with one attached hydrogen (secondary N) is 1. The molecule has 2 heterocycles. The van der Waals surface area contributed by atoms with Gasteiger partial charge in [0.05, 0.1) is 26.8 Å². The van der Waals surface area contributed by atoms with Crippen molar-refractivity contribution in [3.8, 4) is 11.5 Å². The average Bonchev–Trinajstić information content (AvgIpc) is 3.50. The molecule has 2 atom stereocenters. The van der Waals surface area contributed by atoms with Crippen LogP contribution in [0.1, 0.15) is 40.9 Å². The molecular formula is C25H28N2O3S.